The van der Waals surface area contributed by atoms with E-state index in [-0.39, 0.29) is 0 Å². The van der Waals surface area contributed by atoms with E-state index in [1.54, 1.807) is 0 Å². The van der Waals surface area contributed by atoms with Crippen LogP contribution in [0, 0.1) is 17.8 Å². The Balaban J connectivity index is 1.73. The SMILES string of the molecule is C=C(C)CCC(=O)CC1CC2CCC1C2. The highest BCUT2D eigenvalue weighted by molar-refractivity contribution is 5.78. The minimum Gasteiger partial charge on any atom is -0.300 e. The van der Waals surface area contributed by atoms with Gasteiger partial charge in [0.25, 0.3) is 0 Å². The molecular formula is C14H22O. The van der Waals surface area contributed by atoms with Crippen molar-refractivity contribution in [2.45, 2.75) is 51.9 Å². The van der Waals surface area contributed by atoms with Gasteiger partial charge in [-0.3, -0.25) is 4.79 Å². The maximum absolute atomic E-state index is 11.7. The third kappa shape index (κ3) is 2.70. The van der Waals surface area contributed by atoms with Crippen LogP contribution in [0.25, 0.3) is 0 Å². The predicted octanol–water partition coefficient (Wildman–Crippen LogP) is 3.74. The fourth-order valence-corrected chi connectivity index (χ4v) is 3.37. The van der Waals surface area contributed by atoms with E-state index < -0.39 is 0 Å². The lowest BCUT2D eigenvalue weighted by atomic mass is 9.84. The highest BCUT2D eigenvalue weighted by Crippen LogP contribution is 2.49. The molecule has 2 saturated carbocycles. The average Bonchev–Trinajstić information content (AvgIpc) is 2.76. The van der Waals surface area contributed by atoms with Crippen molar-refractivity contribution in [2.24, 2.45) is 17.8 Å². The van der Waals surface area contributed by atoms with Crippen LogP contribution in [0.5, 0.6) is 0 Å². The van der Waals surface area contributed by atoms with E-state index in [2.05, 4.69) is 6.58 Å². The second kappa shape index (κ2) is 4.51. The highest BCUT2D eigenvalue weighted by Gasteiger charge is 2.39. The monoisotopic (exact) mass is 206 g/mol. The summed E-state index contributed by atoms with van der Waals surface area (Å²) in [7, 11) is 0. The summed E-state index contributed by atoms with van der Waals surface area (Å²) in [6.07, 6.45) is 8.05. The molecule has 0 radical (unpaired) electrons. The van der Waals surface area contributed by atoms with Gasteiger partial charge in [0.15, 0.2) is 0 Å². The van der Waals surface area contributed by atoms with Crippen molar-refractivity contribution >= 4 is 5.78 Å². The summed E-state index contributed by atoms with van der Waals surface area (Å²) in [5.74, 6) is 3.06. The van der Waals surface area contributed by atoms with Crippen LogP contribution in [0.15, 0.2) is 12.2 Å². The minimum absolute atomic E-state index is 0.468. The Morgan fingerprint density at radius 2 is 2.07 bits per heavy atom. The van der Waals surface area contributed by atoms with Crippen LogP contribution in [0.2, 0.25) is 0 Å². The summed E-state index contributed by atoms with van der Waals surface area (Å²) in [5.41, 5.74) is 1.14. The minimum atomic E-state index is 0.468. The third-order valence-corrected chi connectivity index (χ3v) is 4.21. The van der Waals surface area contributed by atoms with E-state index in [0.29, 0.717) is 5.78 Å². The lowest BCUT2D eigenvalue weighted by Gasteiger charge is -2.20. The van der Waals surface area contributed by atoms with Gasteiger partial charge in [-0.15, -0.1) is 6.58 Å². The van der Waals surface area contributed by atoms with Gasteiger partial charge < -0.3 is 0 Å². The fourth-order valence-electron chi connectivity index (χ4n) is 3.37. The highest BCUT2D eigenvalue weighted by atomic mass is 16.1. The molecule has 0 N–H and O–H groups in total. The first-order chi connectivity index (χ1) is 7.15. The van der Waals surface area contributed by atoms with Crippen molar-refractivity contribution in [3.05, 3.63) is 12.2 Å². The molecule has 0 aliphatic heterocycles. The first kappa shape index (κ1) is 10.9. The molecule has 15 heavy (non-hydrogen) atoms. The topological polar surface area (TPSA) is 17.1 Å². The standard InChI is InChI=1S/C14H22O/c1-10(2)3-6-14(15)9-13-8-11-4-5-12(13)7-11/h11-13H,1,3-9H2,2H3. The molecule has 1 nitrogen and oxygen atoms in total. The van der Waals surface area contributed by atoms with Gasteiger partial charge >= 0.3 is 0 Å². The van der Waals surface area contributed by atoms with E-state index in [4.69, 9.17) is 0 Å². The first-order valence-electron chi connectivity index (χ1n) is 6.31. The van der Waals surface area contributed by atoms with Gasteiger partial charge in [-0.1, -0.05) is 12.0 Å². The Morgan fingerprint density at radius 3 is 2.60 bits per heavy atom. The van der Waals surface area contributed by atoms with E-state index in [1.807, 2.05) is 6.92 Å². The number of ketones is 1. The average molecular weight is 206 g/mol. The number of allylic oxidation sites excluding steroid dienone is 1. The van der Waals surface area contributed by atoms with Gasteiger partial charge in [-0.2, -0.15) is 0 Å². The van der Waals surface area contributed by atoms with Crippen molar-refractivity contribution in [1.29, 1.82) is 0 Å². The van der Waals surface area contributed by atoms with Crippen LogP contribution >= 0.6 is 0 Å². The first-order valence-corrected chi connectivity index (χ1v) is 6.31. The molecule has 2 bridgehead atoms. The Morgan fingerprint density at radius 1 is 1.27 bits per heavy atom. The quantitative estimate of drug-likeness (QED) is 0.626. The number of Topliss-reactive ketones (excluding diaryl/α,β-unsaturated/α-hetero) is 1. The normalized spacial score (nSPS) is 33.3. The molecule has 0 aromatic carbocycles. The maximum atomic E-state index is 11.7. The number of carbonyl (C=O) groups excluding carboxylic acids is 1. The fraction of sp³-hybridized carbons (Fsp3) is 0.786. The van der Waals surface area contributed by atoms with Crippen LogP contribution in [-0.4, -0.2) is 5.78 Å². The Labute approximate surface area is 92.9 Å². The molecule has 0 aromatic heterocycles. The molecule has 0 aromatic rings. The zero-order valence-electron chi connectivity index (χ0n) is 9.80. The van der Waals surface area contributed by atoms with Crippen LogP contribution in [0.1, 0.15) is 51.9 Å². The summed E-state index contributed by atoms with van der Waals surface area (Å²) in [5, 5.41) is 0. The molecule has 1 heteroatoms. The molecule has 0 saturated heterocycles. The zero-order chi connectivity index (χ0) is 10.8. The number of rotatable bonds is 5. The van der Waals surface area contributed by atoms with Gasteiger partial charge in [-0.05, 0) is 50.4 Å². The summed E-state index contributed by atoms with van der Waals surface area (Å²) in [4.78, 5) is 11.7. The number of hydrogen-bond donors (Lipinski definition) is 0. The van der Waals surface area contributed by atoms with Gasteiger partial charge in [0, 0.05) is 12.8 Å². The van der Waals surface area contributed by atoms with Gasteiger partial charge in [0.2, 0.25) is 0 Å². The lowest BCUT2D eigenvalue weighted by molar-refractivity contribution is -0.120. The summed E-state index contributed by atoms with van der Waals surface area (Å²) < 4.78 is 0. The van der Waals surface area contributed by atoms with Crippen molar-refractivity contribution in [1.82, 2.24) is 0 Å². The van der Waals surface area contributed by atoms with Crippen molar-refractivity contribution in [3.63, 3.8) is 0 Å². The number of carbonyl (C=O) groups is 1. The molecule has 2 rings (SSSR count). The summed E-state index contributed by atoms with van der Waals surface area (Å²) in [6, 6.07) is 0. The van der Waals surface area contributed by atoms with Crippen LogP contribution in [0.3, 0.4) is 0 Å². The molecule has 84 valence electrons. The van der Waals surface area contributed by atoms with E-state index >= 15 is 0 Å². The molecule has 2 aliphatic carbocycles. The second-order valence-corrected chi connectivity index (χ2v) is 5.63. The number of hydrogen-bond acceptors (Lipinski definition) is 1. The van der Waals surface area contributed by atoms with Crippen LogP contribution in [0.4, 0.5) is 0 Å². The number of fused-ring (bicyclic) bond motifs is 2. The zero-order valence-corrected chi connectivity index (χ0v) is 9.80. The summed E-state index contributed by atoms with van der Waals surface area (Å²) >= 11 is 0. The molecule has 0 heterocycles. The Hall–Kier alpha value is -0.590. The van der Waals surface area contributed by atoms with Crippen molar-refractivity contribution in [3.8, 4) is 0 Å². The summed E-state index contributed by atoms with van der Waals surface area (Å²) in [6.45, 7) is 5.85. The van der Waals surface area contributed by atoms with Crippen LogP contribution < -0.4 is 0 Å². The van der Waals surface area contributed by atoms with Crippen molar-refractivity contribution < 1.29 is 4.79 Å². The Kier molecular flexibility index (Phi) is 3.28. The van der Waals surface area contributed by atoms with E-state index in [0.717, 1.165) is 42.6 Å². The molecular weight excluding hydrogens is 184 g/mol. The predicted molar refractivity (Wildman–Crippen MR) is 62.6 cm³/mol. The molecule has 0 spiro atoms. The molecule has 0 amide bonds. The van der Waals surface area contributed by atoms with Gasteiger partial charge in [0.05, 0.1) is 0 Å². The van der Waals surface area contributed by atoms with E-state index in [1.165, 1.54) is 25.7 Å². The van der Waals surface area contributed by atoms with Gasteiger partial charge in [-0.25, -0.2) is 0 Å². The van der Waals surface area contributed by atoms with Gasteiger partial charge in [0.1, 0.15) is 5.78 Å². The largest absolute Gasteiger partial charge is 0.300 e. The molecule has 2 fully saturated rings. The maximum Gasteiger partial charge on any atom is 0.133 e. The van der Waals surface area contributed by atoms with Crippen molar-refractivity contribution in [2.75, 3.05) is 0 Å². The lowest BCUT2D eigenvalue weighted by Crippen LogP contribution is -2.15. The third-order valence-electron chi connectivity index (χ3n) is 4.21. The molecule has 2 aliphatic rings. The Bertz CT molecular complexity index is 267. The second-order valence-electron chi connectivity index (χ2n) is 5.63. The smallest absolute Gasteiger partial charge is 0.133 e. The molecule has 3 unspecified atom stereocenters. The van der Waals surface area contributed by atoms with Crippen LogP contribution in [-0.2, 0) is 4.79 Å². The molecule has 3 atom stereocenters. The van der Waals surface area contributed by atoms with E-state index in [9.17, 15) is 4.79 Å².